The van der Waals surface area contributed by atoms with Crippen LogP contribution in [0.5, 0.6) is 5.75 Å². The quantitative estimate of drug-likeness (QED) is 0.343. The Morgan fingerprint density at radius 2 is 2.03 bits per heavy atom. The number of hydrogen-bond donors (Lipinski definition) is 2. The van der Waals surface area contributed by atoms with E-state index in [4.69, 9.17) is 21.1 Å². The molecule has 0 radical (unpaired) electrons. The molecule has 3 rings (SSSR count). The topological polar surface area (TPSA) is 77.4 Å². The molecule has 178 valence electrons. The van der Waals surface area contributed by atoms with E-state index in [0.29, 0.717) is 28.1 Å². The Balaban J connectivity index is 1.85. The van der Waals surface area contributed by atoms with Crippen LogP contribution in [-0.2, 0) is 4.74 Å². The maximum Gasteiger partial charge on any atom is 0.261 e. The SMILES string of the molecule is C=C(NC(=O)c1ccc(-n2cc(C)c(Nc3cccc(C(C)C)c3Cl)n2)cc1OC)O/C=C\C. The summed E-state index contributed by atoms with van der Waals surface area (Å²) >= 11 is 6.61. The molecular formula is C26H29ClN4O3. The predicted molar refractivity (Wildman–Crippen MR) is 136 cm³/mol. The summed E-state index contributed by atoms with van der Waals surface area (Å²) in [5.74, 6) is 1.11. The maximum atomic E-state index is 12.6. The van der Waals surface area contributed by atoms with Gasteiger partial charge in [0.2, 0.25) is 0 Å². The average molecular weight is 481 g/mol. The second-order valence-corrected chi connectivity index (χ2v) is 8.32. The van der Waals surface area contributed by atoms with Crippen LogP contribution in [-0.4, -0.2) is 22.8 Å². The van der Waals surface area contributed by atoms with Gasteiger partial charge in [0.15, 0.2) is 11.7 Å². The fourth-order valence-electron chi connectivity index (χ4n) is 3.32. The zero-order valence-electron chi connectivity index (χ0n) is 20.0. The van der Waals surface area contributed by atoms with Gasteiger partial charge in [0, 0.05) is 17.8 Å². The van der Waals surface area contributed by atoms with Crippen molar-refractivity contribution in [3.63, 3.8) is 0 Å². The van der Waals surface area contributed by atoms with Crippen molar-refractivity contribution < 1.29 is 14.3 Å². The number of hydrogen-bond acceptors (Lipinski definition) is 5. The molecular weight excluding hydrogens is 452 g/mol. The number of halogens is 1. The first-order chi connectivity index (χ1) is 16.2. The van der Waals surface area contributed by atoms with Gasteiger partial charge in [-0.25, -0.2) is 4.68 Å². The Labute approximate surface area is 205 Å². The number of aryl methyl sites for hydroxylation is 1. The molecule has 0 spiro atoms. The van der Waals surface area contributed by atoms with Gasteiger partial charge in [0.05, 0.1) is 35.3 Å². The third kappa shape index (κ3) is 5.61. The van der Waals surface area contributed by atoms with Crippen molar-refractivity contribution in [2.45, 2.75) is 33.6 Å². The normalized spacial score (nSPS) is 11.0. The maximum absolute atomic E-state index is 12.6. The number of amides is 1. The van der Waals surface area contributed by atoms with Crippen LogP contribution in [0.3, 0.4) is 0 Å². The molecule has 3 aromatic rings. The first-order valence-corrected chi connectivity index (χ1v) is 11.2. The molecule has 0 saturated heterocycles. The molecule has 7 nitrogen and oxygen atoms in total. The second-order valence-electron chi connectivity index (χ2n) is 7.94. The Morgan fingerprint density at radius 1 is 1.26 bits per heavy atom. The summed E-state index contributed by atoms with van der Waals surface area (Å²) in [5, 5.41) is 11.3. The van der Waals surface area contributed by atoms with Crippen molar-refractivity contribution in [1.82, 2.24) is 15.1 Å². The minimum atomic E-state index is -0.392. The number of aromatic nitrogens is 2. The number of allylic oxidation sites excluding steroid dienone is 1. The number of nitrogens with one attached hydrogen (secondary N) is 2. The lowest BCUT2D eigenvalue weighted by Gasteiger charge is -2.13. The standard InChI is InChI=1S/C26H29ClN4O3/c1-7-13-34-18(5)28-26(32)21-12-11-19(14-23(21)33-6)31-15-17(4)25(30-31)29-22-10-8-9-20(16(2)3)24(22)27/h7-16H,5H2,1-4,6H3,(H,28,32)(H,29,30)/b13-7-. The summed E-state index contributed by atoms with van der Waals surface area (Å²) in [6.07, 6.45) is 5.02. The van der Waals surface area contributed by atoms with Gasteiger partial charge in [-0.05, 0) is 50.1 Å². The fourth-order valence-corrected chi connectivity index (χ4v) is 3.71. The molecule has 8 heteroatoms. The van der Waals surface area contributed by atoms with Gasteiger partial charge >= 0.3 is 0 Å². The van der Waals surface area contributed by atoms with E-state index in [0.717, 1.165) is 22.5 Å². The molecule has 34 heavy (non-hydrogen) atoms. The largest absolute Gasteiger partial charge is 0.496 e. The highest BCUT2D eigenvalue weighted by Crippen LogP contribution is 2.33. The number of carbonyl (C=O) groups is 1. The van der Waals surface area contributed by atoms with Crippen molar-refractivity contribution in [3.05, 3.63) is 89.1 Å². The third-order valence-corrected chi connectivity index (χ3v) is 5.52. The van der Waals surface area contributed by atoms with Crippen LogP contribution in [0.2, 0.25) is 5.02 Å². The van der Waals surface area contributed by atoms with E-state index in [-0.39, 0.29) is 5.88 Å². The first-order valence-electron chi connectivity index (χ1n) is 10.8. The minimum absolute atomic E-state index is 0.118. The predicted octanol–water partition coefficient (Wildman–Crippen LogP) is 6.46. The third-order valence-electron chi connectivity index (χ3n) is 5.09. The van der Waals surface area contributed by atoms with E-state index < -0.39 is 5.91 Å². The number of anilines is 2. The fraction of sp³-hybridized carbons (Fsp3) is 0.231. The highest BCUT2D eigenvalue weighted by Gasteiger charge is 2.16. The smallest absolute Gasteiger partial charge is 0.261 e. The second kappa shape index (κ2) is 10.9. The monoisotopic (exact) mass is 480 g/mol. The van der Waals surface area contributed by atoms with Crippen molar-refractivity contribution in [3.8, 4) is 11.4 Å². The van der Waals surface area contributed by atoms with Crippen LogP contribution in [0.25, 0.3) is 5.69 Å². The minimum Gasteiger partial charge on any atom is -0.496 e. The Bertz CT molecular complexity index is 1230. The van der Waals surface area contributed by atoms with E-state index in [1.54, 1.807) is 35.9 Å². The lowest BCUT2D eigenvalue weighted by molar-refractivity contribution is 0.0941. The molecule has 0 aliphatic rings. The molecule has 0 fully saturated rings. The summed E-state index contributed by atoms with van der Waals surface area (Å²) in [5.41, 5.74) is 3.88. The van der Waals surface area contributed by atoms with Crippen LogP contribution in [0.1, 0.15) is 48.2 Å². The van der Waals surface area contributed by atoms with Crippen LogP contribution in [0.4, 0.5) is 11.5 Å². The van der Waals surface area contributed by atoms with E-state index in [2.05, 4.69) is 36.2 Å². The number of benzene rings is 2. The van der Waals surface area contributed by atoms with Gasteiger partial charge in [0.25, 0.3) is 5.91 Å². The zero-order valence-corrected chi connectivity index (χ0v) is 20.7. The van der Waals surface area contributed by atoms with Gasteiger partial charge in [-0.15, -0.1) is 5.10 Å². The first kappa shape index (κ1) is 24.9. The molecule has 2 N–H and O–H groups in total. The van der Waals surface area contributed by atoms with Gasteiger partial charge in [-0.2, -0.15) is 0 Å². The van der Waals surface area contributed by atoms with Crippen LogP contribution >= 0.6 is 11.6 Å². The van der Waals surface area contributed by atoms with Crippen LogP contribution < -0.4 is 15.4 Å². The molecule has 2 aromatic carbocycles. The Kier molecular flexibility index (Phi) is 8.02. The zero-order chi connectivity index (χ0) is 24.8. The summed E-state index contributed by atoms with van der Waals surface area (Å²) < 4.78 is 12.3. The van der Waals surface area contributed by atoms with Gasteiger partial charge in [0.1, 0.15) is 5.75 Å². The van der Waals surface area contributed by atoms with Gasteiger partial charge < -0.3 is 14.8 Å². The van der Waals surface area contributed by atoms with E-state index >= 15 is 0 Å². The van der Waals surface area contributed by atoms with E-state index in [9.17, 15) is 4.79 Å². The molecule has 0 aliphatic carbocycles. The summed E-state index contributed by atoms with van der Waals surface area (Å²) in [4.78, 5) is 12.6. The molecule has 0 aliphatic heterocycles. The van der Waals surface area contributed by atoms with E-state index in [1.165, 1.54) is 13.4 Å². The van der Waals surface area contributed by atoms with Crippen molar-refractivity contribution in [2.24, 2.45) is 0 Å². The summed E-state index contributed by atoms with van der Waals surface area (Å²) in [7, 11) is 1.51. The van der Waals surface area contributed by atoms with Gasteiger partial charge in [-0.1, -0.05) is 43.7 Å². The molecule has 1 amide bonds. The summed E-state index contributed by atoms with van der Waals surface area (Å²) in [6, 6.07) is 11.1. The molecule has 0 atom stereocenters. The average Bonchev–Trinajstić information content (AvgIpc) is 3.18. The number of ether oxygens (including phenoxy) is 2. The Hall–Kier alpha value is -3.71. The van der Waals surface area contributed by atoms with Gasteiger partial charge in [-0.3, -0.25) is 10.1 Å². The molecule has 0 bridgehead atoms. The number of rotatable bonds is 9. The molecule has 1 heterocycles. The molecule has 0 unspecified atom stereocenters. The lowest BCUT2D eigenvalue weighted by Crippen LogP contribution is -2.23. The lowest BCUT2D eigenvalue weighted by atomic mass is 10.0. The molecule has 0 saturated carbocycles. The highest BCUT2D eigenvalue weighted by atomic mass is 35.5. The number of carbonyl (C=O) groups excluding carboxylic acids is 1. The number of methoxy groups -OCH3 is 1. The van der Waals surface area contributed by atoms with Crippen molar-refractivity contribution >= 4 is 29.0 Å². The van der Waals surface area contributed by atoms with Crippen molar-refractivity contribution in [1.29, 1.82) is 0 Å². The Morgan fingerprint density at radius 3 is 2.71 bits per heavy atom. The molecule has 1 aromatic heterocycles. The van der Waals surface area contributed by atoms with E-state index in [1.807, 2.05) is 31.3 Å². The highest BCUT2D eigenvalue weighted by molar-refractivity contribution is 6.34. The van der Waals surface area contributed by atoms with Crippen LogP contribution in [0.15, 0.2) is 67.4 Å². The van der Waals surface area contributed by atoms with Crippen LogP contribution in [0, 0.1) is 6.92 Å². The number of nitrogens with zero attached hydrogens (tertiary/aromatic N) is 2. The van der Waals surface area contributed by atoms with Crippen molar-refractivity contribution in [2.75, 3.05) is 12.4 Å². The summed E-state index contributed by atoms with van der Waals surface area (Å²) in [6.45, 7) is 11.6.